The molecule has 2 amide bonds. The minimum Gasteiger partial charge on any atom is -0.449 e. The lowest BCUT2D eigenvalue weighted by atomic mass is 9.90. The molecule has 0 saturated carbocycles. The van der Waals surface area contributed by atoms with E-state index in [0.717, 1.165) is 38.4 Å². The zero-order chi connectivity index (χ0) is 27.0. The van der Waals surface area contributed by atoms with Gasteiger partial charge in [0.05, 0.1) is 5.69 Å². The van der Waals surface area contributed by atoms with E-state index in [1.807, 2.05) is 0 Å². The van der Waals surface area contributed by atoms with E-state index in [1.54, 1.807) is 42.5 Å². The Morgan fingerprint density at radius 3 is 2.49 bits per heavy atom. The number of hydrogen-bond acceptors (Lipinski definition) is 4. The van der Waals surface area contributed by atoms with Crippen molar-refractivity contribution in [3.8, 4) is 5.75 Å². The number of para-hydroxylation sites is 2. The maximum atomic E-state index is 14.2. The molecule has 2 aliphatic rings. The third-order valence-electron chi connectivity index (χ3n) is 7.37. The average Bonchev–Trinajstić information content (AvgIpc) is 2.96. The van der Waals surface area contributed by atoms with Gasteiger partial charge in [-0.15, -0.1) is 0 Å². The molecule has 1 N–H and O–H groups in total. The van der Waals surface area contributed by atoms with E-state index in [2.05, 4.69) is 40.5 Å². The summed E-state index contributed by atoms with van der Waals surface area (Å²) in [4.78, 5) is 29.9. The zero-order valence-corrected chi connectivity index (χ0v) is 22.0. The molecule has 0 spiro atoms. The number of carbonyl (C=O) groups is 2. The van der Waals surface area contributed by atoms with Crippen LogP contribution in [0.2, 0.25) is 0 Å². The maximum absolute atomic E-state index is 14.2. The molecule has 7 heteroatoms. The van der Waals surface area contributed by atoms with Crippen LogP contribution < -0.4 is 15.0 Å². The zero-order valence-electron chi connectivity index (χ0n) is 22.0. The van der Waals surface area contributed by atoms with Crippen molar-refractivity contribution in [2.75, 3.05) is 37.6 Å². The fourth-order valence-corrected chi connectivity index (χ4v) is 5.24. The first-order chi connectivity index (χ1) is 19.1. The Balaban J connectivity index is 1.10. The van der Waals surface area contributed by atoms with Crippen LogP contribution in [0.4, 0.5) is 10.1 Å². The first-order valence-corrected chi connectivity index (χ1v) is 13.6. The van der Waals surface area contributed by atoms with Crippen molar-refractivity contribution in [2.24, 2.45) is 5.92 Å². The molecule has 0 aromatic heterocycles. The SMILES string of the molecule is O=C(CN1C(=O)C(=Cc2ccccc2F)Oc2ccccc21)NCCCN1CCC(Cc2ccccc2)CC1. The Hall–Kier alpha value is -3.97. The van der Waals surface area contributed by atoms with Crippen molar-refractivity contribution in [2.45, 2.75) is 25.7 Å². The summed E-state index contributed by atoms with van der Waals surface area (Å²) in [6.07, 6.45) is 5.76. The number of hydrogen-bond donors (Lipinski definition) is 1. The molecule has 0 unspecified atom stereocenters. The van der Waals surface area contributed by atoms with Crippen LogP contribution >= 0.6 is 0 Å². The summed E-state index contributed by atoms with van der Waals surface area (Å²) < 4.78 is 20.0. The Morgan fingerprint density at radius 2 is 1.69 bits per heavy atom. The second kappa shape index (κ2) is 12.7. The molecule has 3 aromatic carbocycles. The van der Waals surface area contributed by atoms with Gasteiger partial charge in [0.15, 0.2) is 11.5 Å². The summed E-state index contributed by atoms with van der Waals surface area (Å²) in [5.74, 6) is -0.0256. The molecule has 2 heterocycles. The molecule has 0 bridgehead atoms. The molecule has 0 atom stereocenters. The van der Waals surface area contributed by atoms with E-state index in [0.29, 0.717) is 18.0 Å². The van der Waals surface area contributed by atoms with Crippen LogP contribution in [-0.4, -0.2) is 49.4 Å². The fraction of sp³-hybridized carbons (Fsp3) is 0.312. The number of benzene rings is 3. The first kappa shape index (κ1) is 26.6. The summed E-state index contributed by atoms with van der Waals surface area (Å²) in [6, 6.07) is 23.9. The number of nitrogens with one attached hydrogen (secondary N) is 1. The van der Waals surface area contributed by atoms with Gasteiger partial charge in [0, 0.05) is 12.1 Å². The van der Waals surface area contributed by atoms with Crippen molar-refractivity contribution in [3.05, 3.63) is 102 Å². The summed E-state index contributed by atoms with van der Waals surface area (Å²) >= 11 is 0. The number of piperidine rings is 1. The Morgan fingerprint density at radius 1 is 0.974 bits per heavy atom. The van der Waals surface area contributed by atoms with E-state index >= 15 is 0 Å². The minimum absolute atomic E-state index is 0.0257. The lowest BCUT2D eigenvalue weighted by Crippen LogP contribution is -2.44. The lowest BCUT2D eigenvalue weighted by molar-refractivity contribution is -0.123. The smallest absolute Gasteiger partial charge is 0.294 e. The standard InChI is InChI=1S/C32H34FN3O3/c33-27-12-5-4-11-26(27)22-30-32(38)36(28-13-6-7-14-29(28)39-30)23-31(37)34-17-8-18-35-19-15-25(16-20-35)21-24-9-2-1-3-10-24/h1-7,9-14,22,25H,8,15-21,23H2,(H,34,37). The fourth-order valence-electron chi connectivity index (χ4n) is 5.24. The highest BCUT2D eigenvalue weighted by atomic mass is 19.1. The van der Waals surface area contributed by atoms with Crippen LogP contribution in [0, 0.1) is 11.7 Å². The number of rotatable bonds is 9. The Bertz CT molecular complexity index is 1320. The summed E-state index contributed by atoms with van der Waals surface area (Å²) in [5, 5.41) is 2.96. The van der Waals surface area contributed by atoms with Gasteiger partial charge in [-0.25, -0.2) is 4.39 Å². The van der Waals surface area contributed by atoms with Crippen molar-refractivity contribution in [1.29, 1.82) is 0 Å². The number of halogens is 1. The molecule has 0 radical (unpaired) electrons. The molecule has 5 rings (SSSR count). The molecule has 39 heavy (non-hydrogen) atoms. The Labute approximate surface area is 229 Å². The van der Waals surface area contributed by atoms with E-state index in [1.165, 1.54) is 35.4 Å². The molecule has 2 aliphatic heterocycles. The molecule has 3 aromatic rings. The average molecular weight is 528 g/mol. The number of ether oxygens (including phenoxy) is 1. The van der Waals surface area contributed by atoms with Gasteiger partial charge >= 0.3 is 0 Å². The van der Waals surface area contributed by atoms with Crippen LogP contribution in [-0.2, 0) is 16.0 Å². The Kier molecular flexibility index (Phi) is 8.68. The molecule has 202 valence electrons. The predicted octanol–water partition coefficient (Wildman–Crippen LogP) is 5.05. The van der Waals surface area contributed by atoms with Crippen molar-refractivity contribution >= 4 is 23.6 Å². The highest BCUT2D eigenvalue weighted by molar-refractivity contribution is 6.12. The molecular formula is C32H34FN3O3. The van der Waals surface area contributed by atoms with Crippen LogP contribution in [0.5, 0.6) is 5.75 Å². The molecule has 0 aliphatic carbocycles. The summed E-state index contributed by atoms with van der Waals surface area (Å²) in [5.41, 5.74) is 2.17. The van der Waals surface area contributed by atoms with Gasteiger partial charge in [0.2, 0.25) is 5.91 Å². The minimum atomic E-state index is -0.481. The monoisotopic (exact) mass is 527 g/mol. The van der Waals surface area contributed by atoms with Crippen molar-refractivity contribution < 1.29 is 18.7 Å². The number of likely N-dealkylation sites (tertiary alicyclic amines) is 1. The van der Waals surface area contributed by atoms with Crippen LogP contribution in [0.1, 0.15) is 30.4 Å². The first-order valence-electron chi connectivity index (χ1n) is 13.6. The number of carbonyl (C=O) groups excluding carboxylic acids is 2. The van der Waals surface area contributed by atoms with Gasteiger partial charge < -0.3 is 15.0 Å². The third-order valence-corrected chi connectivity index (χ3v) is 7.37. The second-order valence-corrected chi connectivity index (χ2v) is 10.2. The van der Waals surface area contributed by atoms with Gasteiger partial charge in [0.25, 0.3) is 5.91 Å². The highest BCUT2D eigenvalue weighted by Crippen LogP contribution is 2.35. The van der Waals surface area contributed by atoms with Crippen LogP contribution in [0.25, 0.3) is 6.08 Å². The summed E-state index contributed by atoms with van der Waals surface area (Å²) in [7, 11) is 0. The molecule has 6 nitrogen and oxygen atoms in total. The molecule has 1 fully saturated rings. The quantitative estimate of drug-likeness (QED) is 0.312. The lowest BCUT2D eigenvalue weighted by Gasteiger charge is -2.32. The number of amides is 2. The second-order valence-electron chi connectivity index (χ2n) is 10.2. The van der Waals surface area contributed by atoms with E-state index in [4.69, 9.17) is 4.74 Å². The van der Waals surface area contributed by atoms with Gasteiger partial charge in [0.1, 0.15) is 12.4 Å². The van der Waals surface area contributed by atoms with Crippen molar-refractivity contribution in [1.82, 2.24) is 10.2 Å². The van der Waals surface area contributed by atoms with Crippen molar-refractivity contribution in [3.63, 3.8) is 0 Å². The molecule has 1 saturated heterocycles. The van der Waals surface area contributed by atoms with Crippen LogP contribution in [0.15, 0.2) is 84.6 Å². The normalized spacial score (nSPS) is 17.1. The van der Waals surface area contributed by atoms with Crippen LogP contribution in [0.3, 0.4) is 0 Å². The van der Waals surface area contributed by atoms with Gasteiger partial charge in [-0.1, -0.05) is 60.7 Å². The molecular weight excluding hydrogens is 493 g/mol. The third kappa shape index (κ3) is 6.92. The van der Waals surface area contributed by atoms with Gasteiger partial charge in [-0.2, -0.15) is 0 Å². The largest absolute Gasteiger partial charge is 0.449 e. The van der Waals surface area contributed by atoms with Gasteiger partial charge in [-0.3, -0.25) is 14.5 Å². The van der Waals surface area contributed by atoms with E-state index in [9.17, 15) is 14.0 Å². The number of fused-ring (bicyclic) bond motifs is 1. The van der Waals surface area contributed by atoms with Gasteiger partial charge in [-0.05, 0) is 81.1 Å². The topological polar surface area (TPSA) is 61.9 Å². The summed E-state index contributed by atoms with van der Waals surface area (Å²) in [6.45, 7) is 3.51. The van der Waals surface area contributed by atoms with E-state index < -0.39 is 11.7 Å². The maximum Gasteiger partial charge on any atom is 0.294 e. The highest BCUT2D eigenvalue weighted by Gasteiger charge is 2.31. The van der Waals surface area contributed by atoms with E-state index in [-0.39, 0.29) is 23.8 Å². The number of anilines is 1. The number of nitrogens with zero attached hydrogens (tertiary/aromatic N) is 2. The predicted molar refractivity (Wildman–Crippen MR) is 151 cm³/mol.